The molecule has 0 radical (unpaired) electrons. The molecule has 0 aliphatic carbocycles. The molecule has 0 N–H and O–H groups in total. The van der Waals surface area contributed by atoms with Crippen LogP contribution < -0.4 is 5.56 Å². The minimum Gasteiger partial charge on any atom is -0.336 e. The zero-order chi connectivity index (χ0) is 16.6. The molecule has 0 saturated carbocycles. The van der Waals surface area contributed by atoms with Gasteiger partial charge in [0, 0.05) is 35.9 Å². The Labute approximate surface area is 138 Å². The molecule has 122 valence electrons. The van der Waals surface area contributed by atoms with Crippen molar-refractivity contribution in [2.45, 2.75) is 32.7 Å². The number of likely N-dealkylation sites (tertiary alicyclic amines) is 1. The van der Waals surface area contributed by atoms with Crippen LogP contribution in [0.5, 0.6) is 0 Å². The lowest BCUT2D eigenvalue weighted by Crippen LogP contribution is -2.52. The number of carbonyl (C=O) groups is 1. The first-order valence-electron chi connectivity index (χ1n) is 7.61. The van der Waals surface area contributed by atoms with E-state index >= 15 is 0 Å². The summed E-state index contributed by atoms with van der Waals surface area (Å²) < 4.78 is 1.52. The van der Waals surface area contributed by atoms with Crippen LogP contribution in [0.15, 0.2) is 27.8 Å². The van der Waals surface area contributed by atoms with Crippen LogP contribution in [0.2, 0.25) is 0 Å². The minimum atomic E-state index is -0.0956. The SMILES string of the molecule is CC(C)(C)c1ccc(=O)n(CC2CN(C(=O)c3cscn3)C2)n1. The summed E-state index contributed by atoms with van der Waals surface area (Å²) >= 11 is 1.42. The number of hydrogen-bond donors (Lipinski definition) is 0. The van der Waals surface area contributed by atoms with Crippen LogP contribution in [-0.4, -0.2) is 38.7 Å². The summed E-state index contributed by atoms with van der Waals surface area (Å²) in [6.07, 6.45) is 0. The van der Waals surface area contributed by atoms with E-state index in [1.165, 1.54) is 16.0 Å². The smallest absolute Gasteiger partial charge is 0.273 e. The van der Waals surface area contributed by atoms with Gasteiger partial charge in [0.2, 0.25) is 0 Å². The first-order chi connectivity index (χ1) is 10.8. The third-order valence-electron chi connectivity index (χ3n) is 3.96. The molecule has 0 bridgehead atoms. The standard InChI is InChI=1S/C16H20N4O2S/c1-16(2,3)13-4-5-14(21)20(18-13)8-11-6-19(7-11)15(22)12-9-23-10-17-12/h4-5,9-11H,6-8H2,1-3H3. The number of carbonyl (C=O) groups excluding carboxylic acids is 1. The summed E-state index contributed by atoms with van der Waals surface area (Å²) in [6.45, 7) is 8.04. The monoisotopic (exact) mass is 332 g/mol. The molecular formula is C16H20N4O2S. The number of amides is 1. The van der Waals surface area contributed by atoms with Gasteiger partial charge in [-0.2, -0.15) is 5.10 Å². The van der Waals surface area contributed by atoms with Crippen LogP contribution >= 0.6 is 11.3 Å². The molecule has 2 aromatic heterocycles. The van der Waals surface area contributed by atoms with Crippen molar-refractivity contribution in [1.29, 1.82) is 0 Å². The Bertz CT molecular complexity index is 755. The highest BCUT2D eigenvalue weighted by Crippen LogP contribution is 2.21. The van der Waals surface area contributed by atoms with Crippen molar-refractivity contribution in [2.24, 2.45) is 5.92 Å². The highest BCUT2D eigenvalue weighted by Gasteiger charge is 2.32. The number of nitrogens with zero attached hydrogens (tertiary/aromatic N) is 4. The van der Waals surface area contributed by atoms with Crippen molar-refractivity contribution in [3.05, 3.63) is 44.8 Å². The third-order valence-corrected chi connectivity index (χ3v) is 4.55. The average molecular weight is 332 g/mol. The van der Waals surface area contributed by atoms with Crippen LogP contribution in [0, 0.1) is 5.92 Å². The third kappa shape index (κ3) is 3.34. The maximum absolute atomic E-state index is 12.1. The zero-order valence-corrected chi connectivity index (χ0v) is 14.3. The van der Waals surface area contributed by atoms with Crippen LogP contribution in [0.3, 0.4) is 0 Å². The lowest BCUT2D eigenvalue weighted by atomic mass is 9.92. The topological polar surface area (TPSA) is 68.1 Å². The van der Waals surface area contributed by atoms with Gasteiger partial charge in [0.05, 0.1) is 17.7 Å². The predicted octanol–water partition coefficient (Wildman–Crippen LogP) is 1.77. The van der Waals surface area contributed by atoms with Gasteiger partial charge in [-0.15, -0.1) is 11.3 Å². The van der Waals surface area contributed by atoms with E-state index in [2.05, 4.69) is 30.9 Å². The fourth-order valence-corrected chi connectivity index (χ4v) is 3.08. The summed E-state index contributed by atoms with van der Waals surface area (Å²) in [7, 11) is 0. The van der Waals surface area contributed by atoms with Crippen LogP contribution in [0.1, 0.15) is 37.0 Å². The van der Waals surface area contributed by atoms with E-state index in [4.69, 9.17) is 0 Å². The molecule has 1 aliphatic rings. The molecule has 0 atom stereocenters. The Morgan fingerprint density at radius 3 is 2.70 bits per heavy atom. The molecule has 1 amide bonds. The van der Waals surface area contributed by atoms with Gasteiger partial charge in [0.15, 0.2) is 0 Å². The van der Waals surface area contributed by atoms with Gasteiger partial charge in [-0.1, -0.05) is 20.8 Å². The van der Waals surface area contributed by atoms with Crippen molar-refractivity contribution < 1.29 is 4.79 Å². The fraction of sp³-hybridized carbons (Fsp3) is 0.500. The molecule has 0 unspecified atom stereocenters. The summed E-state index contributed by atoms with van der Waals surface area (Å²) in [6, 6.07) is 3.36. The second-order valence-electron chi connectivity index (χ2n) is 6.94. The second-order valence-corrected chi connectivity index (χ2v) is 7.66. The van der Waals surface area contributed by atoms with Gasteiger partial charge >= 0.3 is 0 Å². The maximum Gasteiger partial charge on any atom is 0.273 e. The number of thiazole rings is 1. The van der Waals surface area contributed by atoms with Crippen molar-refractivity contribution in [1.82, 2.24) is 19.7 Å². The molecule has 1 saturated heterocycles. The van der Waals surface area contributed by atoms with Gasteiger partial charge in [0.25, 0.3) is 11.5 Å². The first-order valence-corrected chi connectivity index (χ1v) is 8.55. The summed E-state index contributed by atoms with van der Waals surface area (Å²) in [5.41, 5.74) is 2.86. The predicted molar refractivity (Wildman–Crippen MR) is 88.7 cm³/mol. The molecule has 1 fully saturated rings. The highest BCUT2D eigenvalue weighted by molar-refractivity contribution is 7.07. The minimum absolute atomic E-state index is 0.0359. The van der Waals surface area contributed by atoms with E-state index in [-0.39, 0.29) is 22.8 Å². The molecule has 3 rings (SSSR count). The van der Waals surface area contributed by atoms with Gasteiger partial charge in [-0.05, 0) is 6.07 Å². The van der Waals surface area contributed by atoms with Crippen molar-refractivity contribution >= 4 is 17.2 Å². The molecule has 2 aromatic rings. The Morgan fingerprint density at radius 1 is 1.35 bits per heavy atom. The average Bonchev–Trinajstić information content (AvgIpc) is 2.96. The van der Waals surface area contributed by atoms with E-state index in [9.17, 15) is 9.59 Å². The van der Waals surface area contributed by atoms with Crippen LogP contribution in [0.4, 0.5) is 0 Å². The van der Waals surface area contributed by atoms with Crippen molar-refractivity contribution in [3.8, 4) is 0 Å². The fourth-order valence-electron chi connectivity index (χ4n) is 2.56. The van der Waals surface area contributed by atoms with E-state index in [0.717, 1.165) is 5.69 Å². The molecule has 3 heterocycles. The summed E-state index contributed by atoms with van der Waals surface area (Å²) in [4.78, 5) is 29.9. The van der Waals surface area contributed by atoms with E-state index < -0.39 is 0 Å². The molecule has 0 spiro atoms. The van der Waals surface area contributed by atoms with Gasteiger partial charge in [-0.3, -0.25) is 9.59 Å². The van der Waals surface area contributed by atoms with Crippen molar-refractivity contribution in [3.63, 3.8) is 0 Å². The largest absolute Gasteiger partial charge is 0.336 e. The molecule has 23 heavy (non-hydrogen) atoms. The van der Waals surface area contributed by atoms with Gasteiger partial charge in [-0.25, -0.2) is 9.67 Å². The van der Waals surface area contributed by atoms with Crippen LogP contribution in [0.25, 0.3) is 0 Å². The quantitative estimate of drug-likeness (QED) is 0.859. The lowest BCUT2D eigenvalue weighted by molar-refractivity contribution is 0.0452. The summed E-state index contributed by atoms with van der Waals surface area (Å²) in [5, 5.41) is 6.23. The molecule has 0 aromatic carbocycles. The Hall–Kier alpha value is -2.02. The lowest BCUT2D eigenvalue weighted by Gasteiger charge is -2.38. The number of rotatable bonds is 3. The summed E-state index contributed by atoms with van der Waals surface area (Å²) in [5.74, 6) is 0.226. The highest BCUT2D eigenvalue weighted by atomic mass is 32.1. The first kappa shape index (κ1) is 15.9. The van der Waals surface area contributed by atoms with Crippen molar-refractivity contribution in [2.75, 3.05) is 13.1 Å². The van der Waals surface area contributed by atoms with Crippen LogP contribution in [-0.2, 0) is 12.0 Å². The number of aromatic nitrogens is 3. The normalized spacial score (nSPS) is 15.5. The Morgan fingerprint density at radius 2 is 2.09 bits per heavy atom. The molecule has 1 aliphatic heterocycles. The van der Waals surface area contributed by atoms with E-state index in [1.54, 1.807) is 27.9 Å². The Balaban J connectivity index is 1.64. The number of hydrogen-bond acceptors (Lipinski definition) is 5. The maximum atomic E-state index is 12.1. The molecular weight excluding hydrogens is 312 g/mol. The van der Waals surface area contributed by atoms with Gasteiger partial charge in [0.1, 0.15) is 5.69 Å². The second kappa shape index (κ2) is 5.88. The Kier molecular flexibility index (Phi) is 4.06. The zero-order valence-electron chi connectivity index (χ0n) is 13.5. The van der Waals surface area contributed by atoms with E-state index in [1.807, 2.05) is 0 Å². The molecule has 6 nitrogen and oxygen atoms in total. The molecule has 7 heteroatoms. The van der Waals surface area contributed by atoms with Gasteiger partial charge < -0.3 is 4.90 Å². The van der Waals surface area contributed by atoms with E-state index in [0.29, 0.717) is 25.3 Å².